The maximum absolute atomic E-state index is 11.6. The summed E-state index contributed by atoms with van der Waals surface area (Å²) in [5, 5.41) is 2.91. The largest absolute Gasteiger partial charge is 0.352 e. The summed E-state index contributed by atoms with van der Waals surface area (Å²) in [5.41, 5.74) is 0. The third-order valence-electron chi connectivity index (χ3n) is 2.71. The Morgan fingerprint density at radius 2 is 1.59 bits per heavy atom. The normalized spacial score (nSPS) is 12.7. The van der Waals surface area contributed by atoms with Crippen LogP contribution < -0.4 is 5.32 Å². The maximum Gasteiger partial charge on any atom is 0.236 e. The molecule has 1 N–H and O–H groups in total. The molecule has 0 saturated carbocycles. The molecular weight excluding hydrogens is 218 g/mol. The first kappa shape index (κ1) is 15.9. The van der Waals surface area contributed by atoms with Crippen LogP contribution in [0.2, 0.25) is 0 Å². The molecule has 0 aromatic rings. The van der Waals surface area contributed by atoms with E-state index >= 15 is 0 Å². The molecule has 0 radical (unpaired) electrons. The fourth-order valence-corrected chi connectivity index (χ4v) is 1.14. The summed E-state index contributed by atoms with van der Waals surface area (Å²) >= 11 is 0. The van der Waals surface area contributed by atoms with Gasteiger partial charge in [-0.25, -0.2) is 0 Å². The first-order valence-corrected chi connectivity index (χ1v) is 5.92. The molecule has 0 spiro atoms. The molecule has 1 unspecified atom stereocenters. The Balaban J connectivity index is 4.00. The number of nitrogens with one attached hydrogen (secondary N) is 1. The van der Waals surface area contributed by atoms with E-state index in [-0.39, 0.29) is 30.9 Å². The van der Waals surface area contributed by atoms with E-state index < -0.39 is 0 Å². The van der Waals surface area contributed by atoms with Crippen LogP contribution >= 0.6 is 0 Å². The van der Waals surface area contributed by atoms with E-state index in [1.165, 1.54) is 4.90 Å². The summed E-state index contributed by atoms with van der Waals surface area (Å²) < 4.78 is 0. The lowest BCUT2D eigenvalue weighted by Gasteiger charge is -2.21. The van der Waals surface area contributed by atoms with Crippen LogP contribution in [-0.2, 0) is 9.59 Å². The van der Waals surface area contributed by atoms with Crippen LogP contribution in [0.4, 0.5) is 0 Å². The summed E-state index contributed by atoms with van der Waals surface area (Å²) in [4.78, 5) is 26.3. The van der Waals surface area contributed by atoms with Crippen molar-refractivity contribution in [2.24, 2.45) is 5.92 Å². The van der Waals surface area contributed by atoms with E-state index in [9.17, 15) is 9.59 Å². The average molecular weight is 243 g/mol. The number of hydrogen-bond acceptors (Lipinski definition) is 3. The predicted octanol–water partition coefficient (Wildman–Crippen LogP) is 0.167. The van der Waals surface area contributed by atoms with Gasteiger partial charge in [-0.05, 0) is 19.9 Å². The van der Waals surface area contributed by atoms with Gasteiger partial charge in [-0.15, -0.1) is 0 Å². The molecule has 2 amide bonds. The predicted molar refractivity (Wildman–Crippen MR) is 68.6 cm³/mol. The highest BCUT2D eigenvalue weighted by Crippen LogP contribution is 1.99. The van der Waals surface area contributed by atoms with Crippen molar-refractivity contribution < 1.29 is 9.59 Å². The molecule has 1 atom stereocenters. The number of nitrogens with zero attached hydrogens (tertiary/aromatic N) is 2. The van der Waals surface area contributed by atoms with Gasteiger partial charge in [-0.3, -0.25) is 14.5 Å². The zero-order chi connectivity index (χ0) is 13.6. The molecule has 0 saturated heterocycles. The van der Waals surface area contributed by atoms with E-state index in [1.807, 2.05) is 6.92 Å². The Bertz CT molecular complexity index is 264. The van der Waals surface area contributed by atoms with Crippen LogP contribution in [0.15, 0.2) is 0 Å². The van der Waals surface area contributed by atoms with Crippen molar-refractivity contribution in [3.8, 4) is 0 Å². The molecule has 0 bridgehead atoms. The minimum Gasteiger partial charge on any atom is -0.352 e. The Labute approximate surface area is 104 Å². The van der Waals surface area contributed by atoms with Gasteiger partial charge in [0.15, 0.2) is 0 Å². The van der Waals surface area contributed by atoms with Gasteiger partial charge in [0.25, 0.3) is 0 Å². The van der Waals surface area contributed by atoms with Crippen LogP contribution in [0.1, 0.15) is 20.8 Å². The summed E-state index contributed by atoms with van der Waals surface area (Å²) in [6, 6.07) is 0.153. The molecule has 0 aliphatic rings. The third kappa shape index (κ3) is 6.94. The monoisotopic (exact) mass is 243 g/mol. The fraction of sp³-hybridized carbons (Fsp3) is 0.833. The Morgan fingerprint density at radius 1 is 1.06 bits per heavy atom. The van der Waals surface area contributed by atoms with Crippen molar-refractivity contribution in [1.82, 2.24) is 15.1 Å². The van der Waals surface area contributed by atoms with Crippen LogP contribution in [-0.4, -0.2) is 61.9 Å². The van der Waals surface area contributed by atoms with E-state index in [0.717, 1.165) is 0 Å². The molecule has 0 aromatic heterocycles. The second kappa shape index (κ2) is 7.27. The lowest BCUT2D eigenvalue weighted by Crippen LogP contribution is -2.44. The number of hydrogen-bond donors (Lipinski definition) is 1. The standard InChI is InChI=1S/C12H25N3O2/c1-9(2)10(3)13-11(16)7-15(6)8-12(17)14(4)5/h9-10H,7-8H2,1-6H3,(H,13,16). The zero-order valence-corrected chi connectivity index (χ0v) is 11.8. The highest BCUT2D eigenvalue weighted by molar-refractivity contribution is 5.81. The zero-order valence-electron chi connectivity index (χ0n) is 11.8. The Morgan fingerprint density at radius 3 is 2.00 bits per heavy atom. The summed E-state index contributed by atoms with van der Waals surface area (Å²) in [6.45, 7) is 6.61. The third-order valence-corrected chi connectivity index (χ3v) is 2.71. The molecule has 17 heavy (non-hydrogen) atoms. The van der Waals surface area contributed by atoms with Gasteiger partial charge in [0.05, 0.1) is 13.1 Å². The quantitative estimate of drug-likeness (QED) is 0.723. The molecule has 0 fully saturated rings. The molecule has 0 aromatic carbocycles. The molecular formula is C12H25N3O2. The SMILES string of the molecule is CC(C)C(C)NC(=O)CN(C)CC(=O)N(C)C. The van der Waals surface area contributed by atoms with Crippen molar-refractivity contribution >= 4 is 11.8 Å². The van der Waals surface area contributed by atoms with Gasteiger partial charge in [0, 0.05) is 20.1 Å². The smallest absolute Gasteiger partial charge is 0.236 e. The van der Waals surface area contributed by atoms with Gasteiger partial charge < -0.3 is 10.2 Å². The van der Waals surface area contributed by atoms with Crippen LogP contribution in [0.25, 0.3) is 0 Å². The highest BCUT2D eigenvalue weighted by Gasteiger charge is 2.14. The molecule has 5 nitrogen and oxygen atoms in total. The first-order valence-electron chi connectivity index (χ1n) is 5.92. The molecule has 5 heteroatoms. The Kier molecular flexibility index (Phi) is 6.80. The van der Waals surface area contributed by atoms with E-state index in [1.54, 1.807) is 26.0 Å². The summed E-state index contributed by atoms with van der Waals surface area (Å²) in [7, 11) is 5.18. The summed E-state index contributed by atoms with van der Waals surface area (Å²) in [5.74, 6) is 0.366. The van der Waals surface area contributed by atoms with Gasteiger partial charge in [-0.2, -0.15) is 0 Å². The number of likely N-dealkylation sites (N-methyl/N-ethyl adjacent to an activating group) is 2. The van der Waals surface area contributed by atoms with Crippen molar-refractivity contribution in [3.63, 3.8) is 0 Å². The molecule has 0 heterocycles. The van der Waals surface area contributed by atoms with Crippen molar-refractivity contribution in [2.45, 2.75) is 26.8 Å². The van der Waals surface area contributed by atoms with E-state index in [0.29, 0.717) is 5.92 Å². The summed E-state index contributed by atoms with van der Waals surface area (Å²) in [6.07, 6.45) is 0. The topological polar surface area (TPSA) is 52.7 Å². The van der Waals surface area contributed by atoms with E-state index in [4.69, 9.17) is 0 Å². The minimum absolute atomic E-state index is 0.00259. The molecule has 0 aliphatic carbocycles. The number of rotatable bonds is 6. The van der Waals surface area contributed by atoms with Crippen molar-refractivity contribution in [2.75, 3.05) is 34.2 Å². The van der Waals surface area contributed by atoms with Crippen molar-refractivity contribution in [3.05, 3.63) is 0 Å². The lowest BCUT2D eigenvalue weighted by molar-refractivity contribution is -0.130. The van der Waals surface area contributed by atoms with Crippen LogP contribution in [0.5, 0.6) is 0 Å². The molecule has 0 aliphatic heterocycles. The van der Waals surface area contributed by atoms with Gasteiger partial charge in [0.1, 0.15) is 0 Å². The number of amides is 2. The van der Waals surface area contributed by atoms with Gasteiger partial charge in [-0.1, -0.05) is 13.8 Å². The molecule has 0 rings (SSSR count). The minimum atomic E-state index is -0.0414. The first-order chi connectivity index (χ1) is 7.73. The average Bonchev–Trinajstić information content (AvgIpc) is 2.16. The second-order valence-corrected chi connectivity index (χ2v) is 5.06. The Hall–Kier alpha value is -1.10. The van der Waals surface area contributed by atoms with Gasteiger partial charge >= 0.3 is 0 Å². The maximum atomic E-state index is 11.6. The van der Waals surface area contributed by atoms with Crippen LogP contribution in [0.3, 0.4) is 0 Å². The number of carbonyl (C=O) groups excluding carboxylic acids is 2. The molecule has 100 valence electrons. The van der Waals surface area contributed by atoms with E-state index in [2.05, 4.69) is 19.2 Å². The van der Waals surface area contributed by atoms with Crippen molar-refractivity contribution in [1.29, 1.82) is 0 Å². The lowest BCUT2D eigenvalue weighted by atomic mass is 10.1. The second-order valence-electron chi connectivity index (χ2n) is 5.06. The van der Waals surface area contributed by atoms with Crippen LogP contribution in [0, 0.1) is 5.92 Å². The fourth-order valence-electron chi connectivity index (χ4n) is 1.14. The number of carbonyl (C=O) groups is 2. The van der Waals surface area contributed by atoms with Gasteiger partial charge in [0.2, 0.25) is 11.8 Å². The highest BCUT2D eigenvalue weighted by atomic mass is 16.2.